The van der Waals surface area contributed by atoms with Crippen LogP contribution < -0.4 is 15.4 Å². The van der Waals surface area contributed by atoms with Gasteiger partial charge in [0.2, 0.25) is 5.76 Å². The molecule has 3 aromatic carbocycles. The van der Waals surface area contributed by atoms with Crippen molar-refractivity contribution in [2.24, 2.45) is 0 Å². The average Bonchev–Trinajstić information content (AvgIpc) is 3.18. The maximum Gasteiger partial charge on any atom is 0.293 e. The second-order valence-electron chi connectivity index (χ2n) is 6.75. The van der Waals surface area contributed by atoms with E-state index < -0.39 is 16.7 Å². The fraction of sp³-hybridized carbons (Fsp3) is 0.0435. The summed E-state index contributed by atoms with van der Waals surface area (Å²) in [6, 6.07) is 18.9. The minimum Gasteiger partial charge on any atom is -0.497 e. The lowest BCUT2D eigenvalue weighted by Crippen LogP contribution is -2.17. The first-order valence-electron chi connectivity index (χ1n) is 9.49. The van der Waals surface area contributed by atoms with Gasteiger partial charge in [-0.2, -0.15) is 0 Å². The third kappa shape index (κ3) is 4.12. The number of carbonyl (C=O) groups excluding carboxylic acids is 2. The Morgan fingerprint density at radius 3 is 2.41 bits per heavy atom. The number of furan rings is 1. The summed E-state index contributed by atoms with van der Waals surface area (Å²) in [5.74, 6) is -0.637. The third-order valence-corrected chi connectivity index (χ3v) is 4.71. The Balaban J connectivity index is 1.65. The van der Waals surface area contributed by atoms with Crippen LogP contribution in [0.2, 0.25) is 0 Å². The van der Waals surface area contributed by atoms with Crippen molar-refractivity contribution in [1.82, 2.24) is 0 Å². The van der Waals surface area contributed by atoms with E-state index in [1.54, 1.807) is 48.5 Å². The Bertz CT molecular complexity index is 1330. The molecule has 0 unspecified atom stereocenters. The van der Waals surface area contributed by atoms with E-state index in [4.69, 9.17) is 9.15 Å². The first-order chi connectivity index (χ1) is 15.5. The molecule has 0 aliphatic heterocycles. The molecule has 32 heavy (non-hydrogen) atoms. The molecule has 9 nitrogen and oxygen atoms in total. The largest absolute Gasteiger partial charge is 0.497 e. The van der Waals surface area contributed by atoms with E-state index in [0.29, 0.717) is 28.0 Å². The molecular weight excluding hydrogens is 414 g/mol. The molecule has 0 saturated carbocycles. The number of nitro groups is 1. The van der Waals surface area contributed by atoms with Crippen molar-refractivity contribution in [2.75, 3.05) is 17.7 Å². The summed E-state index contributed by atoms with van der Waals surface area (Å²) >= 11 is 0. The molecule has 1 heterocycles. The number of anilines is 2. The van der Waals surface area contributed by atoms with Gasteiger partial charge in [-0.15, -0.1) is 0 Å². The highest BCUT2D eigenvalue weighted by Crippen LogP contribution is 2.32. The molecule has 0 fully saturated rings. The lowest BCUT2D eigenvalue weighted by Gasteiger charge is -2.08. The molecule has 0 radical (unpaired) electrons. The fourth-order valence-corrected chi connectivity index (χ4v) is 3.13. The molecule has 0 aliphatic rings. The minimum absolute atomic E-state index is 0.0965. The zero-order valence-corrected chi connectivity index (χ0v) is 16.8. The predicted molar refractivity (Wildman–Crippen MR) is 118 cm³/mol. The summed E-state index contributed by atoms with van der Waals surface area (Å²) < 4.78 is 10.9. The molecule has 2 N–H and O–H groups in total. The summed E-state index contributed by atoms with van der Waals surface area (Å²) in [6.07, 6.45) is 0. The van der Waals surface area contributed by atoms with Crippen LogP contribution in [-0.4, -0.2) is 23.8 Å². The SMILES string of the molecule is COc1cccc(C(=O)Nc2c(C(=O)Nc3ccc([N+](=O)[O-])cc3)oc3ccccc23)c1. The molecule has 2 amide bonds. The molecule has 0 bridgehead atoms. The van der Waals surface area contributed by atoms with Crippen molar-refractivity contribution in [1.29, 1.82) is 0 Å². The van der Waals surface area contributed by atoms with Crippen molar-refractivity contribution in [3.8, 4) is 5.75 Å². The van der Waals surface area contributed by atoms with Crippen LogP contribution in [0, 0.1) is 10.1 Å². The number of nitro benzene ring substituents is 1. The summed E-state index contributed by atoms with van der Waals surface area (Å²) in [5.41, 5.74) is 1.22. The first-order valence-corrected chi connectivity index (χ1v) is 9.49. The van der Waals surface area contributed by atoms with Crippen LogP contribution in [0.15, 0.2) is 77.2 Å². The van der Waals surface area contributed by atoms with E-state index >= 15 is 0 Å². The molecule has 4 rings (SSSR count). The molecular formula is C23H17N3O6. The van der Waals surface area contributed by atoms with Gasteiger partial charge in [0, 0.05) is 28.8 Å². The zero-order valence-electron chi connectivity index (χ0n) is 16.8. The Kier molecular flexibility index (Phi) is 5.54. The predicted octanol–water partition coefficient (Wildman–Crippen LogP) is 4.85. The second kappa shape index (κ2) is 8.60. The fourth-order valence-electron chi connectivity index (χ4n) is 3.13. The van der Waals surface area contributed by atoms with E-state index in [1.165, 1.54) is 31.4 Å². The van der Waals surface area contributed by atoms with Crippen molar-refractivity contribution >= 4 is 39.8 Å². The zero-order chi connectivity index (χ0) is 22.7. The van der Waals surface area contributed by atoms with Crippen molar-refractivity contribution in [3.63, 3.8) is 0 Å². The number of carbonyl (C=O) groups is 2. The highest BCUT2D eigenvalue weighted by molar-refractivity contribution is 6.16. The van der Waals surface area contributed by atoms with Crippen molar-refractivity contribution in [3.05, 3.63) is 94.2 Å². The number of ether oxygens (including phenoxy) is 1. The van der Waals surface area contributed by atoms with Crippen LogP contribution in [-0.2, 0) is 0 Å². The number of fused-ring (bicyclic) bond motifs is 1. The Labute approximate surface area is 181 Å². The summed E-state index contributed by atoms with van der Waals surface area (Å²) in [6.45, 7) is 0. The van der Waals surface area contributed by atoms with Gasteiger partial charge < -0.3 is 19.8 Å². The smallest absolute Gasteiger partial charge is 0.293 e. The van der Waals surface area contributed by atoms with Gasteiger partial charge in [-0.3, -0.25) is 19.7 Å². The molecule has 0 aliphatic carbocycles. The van der Waals surface area contributed by atoms with Gasteiger partial charge in [0.1, 0.15) is 17.0 Å². The number of benzene rings is 3. The monoisotopic (exact) mass is 431 g/mol. The van der Waals surface area contributed by atoms with Gasteiger partial charge in [0.05, 0.1) is 12.0 Å². The Morgan fingerprint density at radius 1 is 0.938 bits per heavy atom. The maximum atomic E-state index is 12.9. The number of amides is 2. The van der Waals surface area contributed by atoms with Crippen LogP contribution in [0.1, 0.15) is 20.9 Å². The molecule has 160 valence electrons. The average molecular weight is 431 g/mol. The maximum absolute atomic E-state index is 12.9. The number of hydrogen-bond donors (Lipinski definition) is 2. The first kappa shape index (κ1) is 20.6. The highest BCUT2D eigenvalue weighted by Gasteiger charge is 2.23. The second-order valence-corrected chi connectivity index (χ2v) is 6.75. The van der Waals surface area contributed by atoms with Crippen molar-refractivity contribution < 1.29 is 23.7 Å². The van der Waals surface area contributed by atoms with Crippen molar-refractivity contribution in [2.45, 2.75) is 0 Å². The van der Waals surface area contributed by atoms with Crippen LogP contribution in [0.3, 0.4) is 0 Å². The standard InChI is InChI=1S/C23H17N3O6/c1-31-17-6-4-5-14(13-17)22(27)25-20-18-7-2-3-8-19(18)32-21(20)23(28)24-15-9-11-16(12-10-15)26(29)30/h2-13H,1H3,(H,24,28)(H,25,27). The summed E-state index contributed by atoms with van der Waals surface area (Å²) in [5, 5.41) is 16.8. The van der Waals surface area contributed by atoms with Crippen LogP contribution in [0.4, 0.5) is 17.1 Å². The lowest BCUT2D eigenvalue weighted by molar-refractivity contribution is -0.384. The van der Waals surface area contributed by atoms with E-state index in [-0.39, 0.29) is 17.1 Å². The van der Waals surface area contributed by atoms with Gasteiger partial charge in [0.25, 0.3) is 17.5 Å². The van der Waals surface area contributed by atoms with Gasteiger partial charge in [-0.1, -0.05) is 18.2 Å². The molecule has 1 aromatic heterocycles. The van der Waals surface area contributed by atoms with E-state index in [0.717, 1.165) is 0 Å². The lowest BCUT2D eigenvalue weighted by atomic mass is 10.1. The number of hydrogen-bond acceptors (Lipinski definition) is 6. The number of methoxy groups -OCH3 is 1. The Hall–Kier alpha value is -4.66. The van der Waals surface area contributed by atoms with Gasteiger partial charge in [-0.25, -0.2) is 0 Å². The summed E-state index contributed by atoms with van der Waals surface area (Å²) in [4.78, 5) is 36.1. The van der Waals surface area contributed by atoms with E-state index in [9.17, 15) is 19.7 Å². The van der Waals surface area contributed by atoms with Gasteiger partial charge in [-0.05, 0) is 42.5 Å². The van der Waals surface area contributed by atoms with Crippen LogP contribution in [0.5, 0.6) is 5.75 Å². The van der Waals surface area contributed by atoms with E-state index in [1.807, 2.05) is 0 Å². The number of nitrogens with zero attached hydrogens (tertiary/aromatic N) is 1. The topological polar surface area (TPSA) is 124 Å². The quantitative estimate of drug-likeness (QED) is 0.332. The third-order valence-electron chi connectivity index (χ3n) is 4.71. The molecule has 0 spiro atoms. The van der Waals surface area contributed by atoms with Gasteiger partial charge in [0.15, 0.2) is 0 Å². The highest BCUT2D eigenvalue weighted by atomic mass is 16.6. The molecule has 0 saturated heterocycles. The number of nitrogens with one attached hydrogen (secondary N) is 2. The number of rotatable bonds is 6. The van der Waals surface area contributed by atoms with E-state index in [2.05, 4.69) is 10.6 Å². The minimum atomic E-state index is -0.615. The normalized spacial score (nSPS) is 10.5. The van der Waals surface area contributed by atoms with Crippen LogP contribution >= 0.6 is 0 Å². The summed E-state index contributed by atoms with van der Waals surface area (Å²) in [7, 11) is 1.50. The number of para-hydroxylation sites is 1. The molecule has 0 atom stereocenters. The molecule has 4 aromatic rings. The number of non-ortho nitro benzene ring substituents is 1. The Morgan fingerprint density at radius 2 is 1.69 bits per heavy atom. The van der Waals surface area contributed by atoms with Gasteiger partial charge >= 0.3 is 0 Å². The van der Waals surface area contributed by atoms with Crippen LogP contribution in [0.25, 0.3) is 11.0 Å². The molecule has 9 heteroatoms.